The topological polar surface area (TPSA) is 161 Å². The molecule has 0 fully saturated rings. The molecule has 0 amide bonds. The van der Waals surface area contributed by atoms with Crippen LogP contribution in [0.1, 0.15) is 99.3 Å². The first-order chi connectivity index (χ1) is 23.0. The van der Waals surface area contributed by atoms with E-state index >= 15 is 0 Å². The second-order valence-corrected chi connectivity index (χ2v) is 10.8. The standard InChI is InChI=1S/4C10H12O2.V/c4*1-2-9(10(11)12)8-6-4-3-5-7-8;/h4*3-7,9H,2H2,1H3,(H,11,12);/q;;;;+4/p-4. The molecule has 49 heavy (non-hydrogen) atoms. The van der Waals surface area contributed by atoms with E-state index < -0.39 is 47.5 Å². The first-order valence-electron chi connectivity index (χ1n) is 16.0. The van der Waals surface area contributed by atoms with E-state index in [2.05, 4.69) is 0 Å². The number of carboxylic acid groups (broad SMARTS) is 4. The second-order valence-electron chi connectivity index (χ2n) is 10.8. The van der Waals surface area contributed by atoms with Crippen molar-refractivity contribution >= 4 is 23.9 Å². The molecule has 0 aromatic heterocycles. The molecule has 257 valence electrons. The number of benzene rings is 4. The fourth-order valence-corrected chi connectivity index (χ4v) is 4.90. The van der Waals surface area contributed by atoms with Gasteiger partial charge in [0.1, 0.15) is 0 Å². The second kappa shape index (κ2) is 25.4. The van der Waals surface area contributed by atoms with Crippen molar-refractivity contribution in [2.75, 3.05) is 0 Å². The average molecular weight is 704 g/mol. The predicted octanol–water partition coefficient (Wildman–Crippen LogP) is 3.72. The zero-order valence-corrected chi connectivity index (χ0v) is 29.8. The molecule has 4 aromatic rings. The predicted molar refractivity (Wildman–Crippen MR) is 178 cm³/mol. The van der Waals surface area contributed by atoms with Crippen LogP contribution in [0, 0.1) is 0 Å². The van der Waals surface area contributed by atoms with Crippen molar-refractivity contribution in [1.82, 2.24) is 0 Å². The van der Waals surface area contributed by atoms with Crippen LogP contribution in [0.2, 0.25) is 0 Å². The van der Waals surface area contributed by atoms with E-state index in [4.69, 9.17) is 0 Å². The molecule has 9 heteroatoms. The van der Waals surface area contributed by atoms with Crippen molar-refractivity contribution in [3.63, 3.8) is 0 Å². The summed E-state index contributed by atoms with van der Waals surface area (Å²) in [6.45, 7) is 7.36. The Labute approximate surface area is 301 Å². The first-order valence-corrected chi connectivity index (χ1v) is 16.0. The molecule has 0 saturated carbocycles. The molecule has 8 nitrogen and oxygen atoms in total. The average Bonchev–Trinajstić information content (AvgIpc) is 3.08. The van der Waals surface area contributed by atoms with Gasteiger partial charge in [0.25, 0.3) is 0 Å². The summed E-state index contributed by atoms with van der Waals surface area (Å²) in [5.74, 6) is -5.85. The third kappa shape index (κ3) is 16.3. The van der Waals surface area contributed by atoms with E-state index in [1.165, 1.54) is 0 Å². The fraction of sp³-hybridized carbons (Fsp3) is 0.300. The van der Waals surface area contributed by atoms with E-state index in [1.807, 2.05) is 149 Å². The third-order valence-corrected chi connectivity index (χ3v) is 7.58. The van der Waals surface area contributed by atoms with Crippen molar-refractivity contribution in [3.05, 3.63) is 144 Å². The van der Waals surface area contributed by atoms with Crippen LogP contribution in [0.4, 0.5) is 0 Å². The Morgan fingerprint density at radius 3 is 0.612 bits per heavy atom. The number of hydrogen-bond acceptors (Lipinski definition) is 8. The van der Waals surface area contributed by atoms with Gasteiger partial charge in [-0.2, -0.15) is 0 Å². The van der Waals surface area contributed by atoms with Crippen molar-refractivity contribution in [2.24, 2.45) is 0 Å². The zero-order chi connectivity index (χ0) is 35.9. The number of carbonyl (C=O) groups excluding carboxylic acids is 4. The molecular weight excluding hydrogens is 659 g/mol. The van der Waals surface area contributed by atoms with Gasteiger partial charge in [-0.05, 0) is 47.9 Å². The van der Waals surface area contributed by atoms with Gasteiger partial charge in [-0.15, -0.1) is 0 Å². The Morgan fingerprint density at radius 1 is 0.367 bits per heavy atom. The van der Waals surface area contributed by atoms with E-state index in [-0.39, 0.29) is 18.6 Å². The van der Waals surface area contributed by atoms with E-state index in [0.29, 0.717) is 25.7 Å². The van der Waals surface area contributed by atoms with Gasteiger partial charge < -0.3 is 39.6 Å². The van der Waals surface area contributed by atoms with E-state index in [0.717, 1.165) is 22.3 Å². The molecule has 0 bridgehead atoms. The maximum atomic E-state index is 10.6. The summed E-state index contributed by atoms with van der Waals surface area (Å²) >= 11 is 0. The summed E-state index contributed by atoms with van der Waals surface area (Å²) in [6.07, 6.45) is 2.30. The Balaban J connectivity index is 0.000000623. The monoisotopic (exact) mass is 703 g/mol. The van der Waals surface area contributed by atoms with Gasteiger partial charge in [-0.25, -0.2) is 0 Å². The molecule has 4 rings (SSSR count). The third-order valence-electron chi connectivity index (χ3n) is 7.58. The van der Waals surface area contributed by atoms with Gasteiger partial charge in [0.05, 0.1) is 0 Å². The molecular formula is C40H44O8V. The van der Waals surface area contributed by atoms with Crippen LogP contribution in [-0.2, 0) is 37.7 Å². The minimum Gasteiger partial charge on any atom is -0.549 e. The molecule has 0 aliphatic rings. The number of carbonyl (C=O) groups is 4. The largest absolute Gasteiger partial charge is 4.00 e. The smallest absolute Gasteiger partial charge is 0.549 e. The van der Waals surface area contributed by atoms with Gasteiger partial charge >= 0.3 is 18.6 Å². The molecule has 0 aliphatic carbocycles. The molecule has 0 aliphatic heterocycles. The summed E-state index contributed by atoms with van der Waals surface area (Å²) in [6, 6.07) is 36.6. The molecule has 1 radical (unpaired) electrons. The molecule has 4 aromatic carbocycles. The molecule has 0 N–H and O–H groups in total. The van der Waals surface area contributed by atoms with Gasteiger partial charge in [0.15, 0.2) is 0 Å². The summed E-state index contributed by atoms with van der Waals surface area (Å²) in [7, 11) is 0. The number of hydrogen-bond donors (Lipinski definition) is 0. The maximum absolute atomic E-state index is 10.6. The Morgan fingerprint density at radius 2 is 0.510 bits per heavy atom. The van der Waals surface area contributed by atoms with Crippen LogP contribution >= 0.6 is 0 Å². The van der Waals surface area contributed by atoms with Crippen LogP contribution in [-0.4, -0.2) is 23.9 Å². The van der Waals surface area contributed by atoms with Crippen LogP contribution in [0.15, 0.2) is 121 Å². The quantitative estimate of drug-likeness (QED) is 0.216. The van der Waals surface area contributed by atoms with Crippen LogP contribution < -0.4 is 20.4 Å². The summed E-state index contributed by atoms with van der Waals surface area (Å²) in [5.41, 5.74) is 3.28. The minimum atomic E-state index is -0.997. The summed E-state index contributed by atoms with van der Waals surface area (Å²) < 4.78 is 0. The summed E-state index contributed by atoms with van der Waals surface area (Å²) in [4.78, 5) is 42.5. The molecule has 0 saturated heterocycles. The van der Waals surface area contributed by atoms with Crippen LogP contribution in [0.5, 0.6) is 0 Å². The van der Waals surface area contributed by atoms with E-state index in [1.54, 1.807) is 0 Å². The van der Waals surface area contributed by atoms with Crippen LogP contribution in [0.25, 0.3) is 0 Å². The van der Waals surface area contributed by atoms with Gasteiger partial charge in [-0.1, -0.05) is 149 Å². The Kier molecular flexibility index (Phi) is 23.0. The number of rotatable bonds is 12. The Hall–Kier alpha value is -4.66. The molecule has 0 heterocycles. The number of aliphatic carboxylic acids is 4. The van der Waals surface area contributed by atoms with Gasteiger partial charge in [-0.3, -0.25) is 0 Å². The fourth-order valence-electron chi connectivity index (χ4n) is 4.90. The van der Waals surface area contributed by atoms with Gasteiger partial charge in [0.2, 0.25) is 0 Å². The Bertz CT molecular complexity index is 1250. The van der Waals surface area contributed by atoms with Crippen molar-refractivity contribution < 1.29 is 58.2 Å². The number of carboxylic acids is 4. The van der Waals surface area contributed by atoms with Crippen LogP contribution in [0.3, 0.4) is 0 Å². The van der Waals surface area contributed by atoms with E-state index in [9.17, 15) is 39.6 Å². The first kappa shape index (κ1) is 44.3. The maximum Gasteiger partial charge on any atom is 4.00 e. The minimum absolute atomic E-state index is 0. The molecule has 4 unspecified atom stereocenters. The van der Waals surface area contributed by atoms with Crippen molar-refractivity contribution in [3.8, 4) is 0 Å². The molecule has 0 spiro atoms. The van der Waals surface area contributed by atoms with Crippen molar-refractivity contribution in [2.45, 2.75) is 77.0 Å². The SMILES string of the molecule is CCC(C(=O)[O-])c1ccccc1.CCC(C(=O)[O-])c1ccccc1.CCC(C(=O)[O-])c1ccccc1.CCC(C(=O)[O-])c1ccccc1.[V+4]. The normalized spacial score (nSPS) is 12.2. The molecule has 4 atom stereocenters. The van der Waals surface area contributed by atoms with Gasteiger partial charge in [0, 0.05) is 47.5 Å². The van der Waals surface area contributed by atoms with Crippen molar-refractivity contribution in [1.29, 1.82) is 0 Å². The summed E-state index contributed by atoms with van der Waals surface area (Å²) in [5, 5.41) is 42.5. The zero-order valence-electron chi connectivity index (χ0n) is 28.4.